The molecule has 2 N–H and O–H groups in total. The van der Waals surface area contributed by atoms with Crippen molar-refractivity contribution in [3.63, 3.8) is 0 Å². The molecule has 126 valence electrons. The van der Waals surface area contributed by atoms with Crippen LogP contribution in [-0.2, 0) is 17.8 Å². The van der Waals surface area contributed by atoms with Gasteiger partial charge in [0.15, 0.2) is 0 Å². The Hall–Kier alpha value is -1.85. The van der Waals surface area contributed by atoms with Crippen molar-refractivity contribution >= 4 is 5.91 Å². The minimum absolute atomic E-state index is 0.134. The van der Waals surface area contributed by atoms with Crippen LogP contribution in [0.15, 0.2) is 9.59 Å². The summed E-state index contributed by atoms with van der Waals surface area (Å²) in [6.45, 7) is 3.07. The van der Waals surface area contributed by atoms with Gasteiger partial charge in [0.2, 0.25) is 5.91 Å². The maximum atomic E-state index is 12.6. The predicted molar refractivity (Wildman–Crippen MR) is 87.2 cm³/mol. The van der Waals surface area contributed by atoms with E-state index in [0.29, 0.717) is 49.0 Å². The Bertz CT molecular complexity index is 685. The predicted octanol–water partition coefficient (Wildman–Crippen LogP) is 1.55. The van der Waals surface area contributed by atoms with Gasteiger partial charge in [-0.05, 0) is 18.3 Å². The minimum Gasteiger partial charge on any atom is -0.337 e. The van der Waals surface area contributed by atoms with Gasteiger partial charge in [-0.3, -0.25) is 14.6 Å². The van der Waals surface area contributed by atoms with Gasteiger partial charge in [0.05, 0.1) is 6.54 Å². The summed E-state index contributed by atoms with van der Waals surface area (Å²) in [4.78, 5) is 42.4. The van der Waals surface area contributed by atoms with E-state index in [9.17, 15) is 14.4 Å². The van der Waals surface area contributed by atoms with Crippen LogP contribution in [0.3, 0.4) is 0 Å². The lowest BCUT2D eigenvalue weighted by Crippen LogP contribution is -2.42. The fourth-order valence-corrected chi connectivity index (χ4v) is 3.96. The molecule has 1 aromatic rings. The lowest BCUT2D eigenvalue weighted by Gasteiger charge is -2.31. The van der Waals surface area contributed by atoms with Crippen LogP contribution in [0.4, 0.5) is 0 Å². The number of carbonyl (C=O) groups excluding carboxylic acids is 1. The van der Waals surface area contributed by atoms with Crippen LogP contribution in [0, 0.1) is 11.8 Å². The summed E-state index contributed by atoms with van der Waals surface area (Å²) < 4.78 is 0. The summed E-state index contributed by atoms with van der Waals surface area (Å²) >= 11 is 0. The number of nitrogens with one attached hydrogen (secondary N) is 2. The molecule has 6 nitrogen and oxygen atoms in total. The molecule has 0 aromatic carbocycles. The summed E-state index contributed by atoms with van der Waals surface area (Å²) in [5, 5.41) is 0. The van der Waals surface area contributed by atoms with Crippen molar-refractivity contribution in [2.75, 3.05) is 6.54 Å². The molecular formula is C17H25N3O3. The number of amides is 1. The van der Waals surface area contributed by atoms with Crippen LogP contribution in [0.25, 0.3) is 0 Å². The maximum Gasteiger partial charge on any atom is 0.325 e. The molecule has 3 rings (SSSR count). The van der Waals surface area contributed by atoms with Gasteiger partial charge in [-0.15, -0.1) is 0 Å². The number of aromatic amines is 2. The molecule has 1 atom stereocenters. The molecule has 0 radical (unpaired) electrons. The quantitative estimate of drug-likeness (QED) is 0.886. The standard InChI is InChI=1S/C17H25N3O3/c1-11(12-5-3-2-4-6-12)9-15(21)20-8-7-13-14(10-20)18-17(23)19-16(13)22/h11-12H,2-10H2,1H3,(H2,18,19,22,23). The molecule has 1 aliphatic heterocycles. The van der Waals surface area contributed by atoms with E-state index in [4.69, 9.17) is 0 Å². The Morgan fingerprint density at radius 3 is 2.70 bits per heavy atom. The van der Waals surface area contributed by atoms with Crippen molar-refractivity contribution < 1.29 is 4.79 Å². The third kappa shape index (κ3) is 3.57. The van der Waals surface area contributed by atoms with Crippen molar-refractivity contribution in [1.29, 1.82) is 0 Å². The van der Waals surface area contributed by atoms with Crippen LogP contribution in [-0.4, -0.2) is 27.3 Å². The lowest BCUT2D eigenvalue weighted by atomic mass is 9.79. The van der Waals surface area contributed by atoms with E-state index >= 15 is 0 Å². The number of fused-ring (bicyclic) bond motifs is 1. The van der Waals surface area contributed by atoms with Crippen molar-refractivity contribution in [2.45, 2.75) is 58.4 Å². The van der Waals surface area contributed by atoms with Crippen LogP contribution in [0.2, 0.25) is 0 Å². The van der Waals surface area contributed by atoms with E-state index in [0.717, 1.165) is 0 Å². The summed E-state index contributed by atoms with van der Waals surface area (Å²) in [6.07, 6.45) is 7.43. The summed E-state index contributed by atoms with van der Waals surface area (Å²) in [6, 6.07) is 0. The summed E-state index contributed by atoms with van der Waals surface area (Å²) in [5.74, 6) is 1.20. The highest BCUT2D eigenvalue weighted by molar-refractivity contribution is 5.76. The average molecular weight is 319 g/mol. The van der Waals surface area contributed by atoms with E-state index in [1.165, 1.54) is 32.1 Å². The summed E-state index contributed by atoms with van der Waals surface area (Å²) in [5.41, 5.74) is 0.364. The Balaban J connectivity index is 1.64. The lowest BCUT2D eigenvalue weighted by molar-refractivity contribution is -0.133. The van der Waals surface area contributed by atoms with E-state index in [1.54, 1.807) is 4.90 Å². The molecule has 2 aliphatic rings. The molecule has 1 aliphatic carbocycles. The van der Waals surface area contributed by atoms with Crippen LogP contribution in [0.1, 0.15) is 56.7 Å². The van der Waals surface area contributed by atoms with Gasteiger partial charge in [0.25, 0.3) is 5.56 Å². The number of nitrogens with zero attached hydrogens (tertiary/aromatic N) is 1. The number of hydrogen-bond acceptors (Lipinski definition) is 3. The second kappa shape index (κ2) is 6.72. The molecule has 1 fully saturated rings. The minimum atomic E-state index is -0.501. The Kier molecular flexibility index (Phi) is 4.68. The molecule has 0 bridgehead atoms. The third-order valence-electron chi connectivity index (χ3n) is 5.41. The van der Waals surface area contributed by atoms with E-state index in [1.807, 2.05) is 0 Å². The number of hydrogen-bond donors (Lipinski definition) is 2. The first kappa shape index (κ1) is 16.0. The first-order valence-electron chi connectivity index (χ1n) is 8.66. The van der Waals surface area contributed by atoms with Crippen LogP contribution in [0.5, 0.6) is 0 Å². The van der Waals surface area contributed by atoms with Gasteiger partial charge in [-0.1, -0.05) is 39.0 Å². The number of carbonyl (C=O) groups is 1. The highest BCUT2D eigenvalue weighted by Crippen LogP contribution is 2.32. The van der Waals surface area contributed by atoms with Gasteiger partial charge >= 0.3 is 5.69 Å². The first-order valence-corrected chi connectivity index (χ1v) is 8.66. The van der Waals surface area contributed by atoms with Crippen molar-refractivity contribution in [1.82, 2.24) is 14.9 Å². The van der Waals surface area contributed by atoms with Gasteiger partial charge in [0, 0.05) is 24.2 Å². The molecule has 1 amide bonds. The number of rotatable bonds is 3. The molecule has 23 heavy (non-hydrogen) atoms. The zero-order chi connectivity index (χ0) is 16.4. The van der Waals surface area contributed by atoms with Crippen molar-refractivity contribution in [2.24, 2.45) is 11.8 Å². The van der Waals surface area contributed by atoms with Crippen molar-refractivity contribution in [3.05, 3.63) is 32.1 Å². The molecule has 0 spiro atoms. The molecular weight excluding hydrogens is 294 g/mol. The Morgan fingerprint density at radius 2 is 1.96 bits per heavy atom. The van der Waals surface area contributed by atoms with Gasteiger partial charge in [0.1, 0.15) is 0 Å². The van der Waals surface area contributed by atoms with E-state index in [-0.39, 0.29) is 11.5 Å². The van der Waals surface area contributed by atoms with Crippen LogP contribution >= 0.6 is 0 Å². The molecule has 1 aromatic heterocycles. The zero-order valence-corrected chi connectivity index (χ0v) is 13.7. The topological polar surface area (TPSA) is 86.0 Å². The van der Waals surface area contributed by atoms with E-state index in [2.05, 4.69) is 16.9 Å². The Labute approximate surface area is 135 Å². The fraction of sp³-hybridized carbons (Fsp3) is 0.706. The number of H-pyrrole nitrogens is 2. The third-order valence-corrected chi connectivity index (χ3v) is 5.41. The van der Waals surface area contributed by atoms with Gasteiger partial charge < -0.3 is 9.88 Å². The number of aromatic nitrogens is 2. The average Bonchev–Trinajstić information content (AvgIpc) is 2.54. The van der Waals surface area contributed by atoms with Gasteiger partial charge in [-0.2, -0.15) is 0 Å². The largest absolute Gasteiger partial charge is 0.337 e. The van der Waals surface area contributed by atoms with Crippen LogP contribution < -0.4 is 11.2 Å². The zero-order valence-electron chi connectivity index (χ0n) is 13.7. The van der Waals surface area contributed by atoms with Crippen molar-refractivity contribution in [3.8, 4) is 0 Å². The van der Waals surface area contributed by atoms with Gasteiger partial charge in [-0.25, -0.2) is 4.79 Å². The first-order chi connectivity index (χ1) is 11.0. The summed E-state index contributed by atoms with van der Waals surface area (Å²) in [7, 11) is 0. The highest BCUT2D eigenvalue weighted by atomic mass is 16.2. The Morgan fingerprint density at radius 1 is 1.22 bits per heavy atom. The van der Waals surface area contributed by atoms with E-state index < -0.39 is 5.69 Å². The second-order valence-electron chi connectivity index (χ2n) is 7.01. The molecule has 6 heteroatoms. The molecule has 1 unspecified atom stereocenters. The fourth-order valence-electron chi connectivity index (χ4n) is 3.96. The molecule has 1 saturated carbocycles. The second-order valence-corrected chi connectivity index (χ2v) is 7.01. The molecule has 2 heterocycles. The SMILES string of the molecule is CC(CC(=O)N1CCc2c([nH]c(=O)[nH]c2=O)C1)C1CCCCC1. The monoisotopic (exact) mass is 319 g/mol. The normalized spacial score (nSPS) is 20.1. The highest BCUT2D eigenvalue weighted by Gasteiger charge is 2.27. The maximum absolute atomic E-state index is 12.6. The molecule has 0 saturated heterocycles. The smallest absolute Gasteiger partial charge is 0.325 e.